The highest BCUT2D eigenvalue weighted by Gasteiger charge is 2.38. The van der Waals surface area contributed by atoms with E-state index < -0.39 is 30.4 Å². The molecule has 21 heavy (non-hydrogen) atoms. The zero-order valence-corrected chi connectivity index (χ0v) is 11.9. The molecule has 1 aliphatic rings. The van der Waals surface area contributed by atoms with Gasteiger partial charge in [0.25, 0.3) is 0 Å². The van der Waals surface area contributed by atoms with E-state index in [1.807, 2.05) is 0 Å². The topological polar surface area (TPSA) is 95.9 Å². The van der Waals surface area contributed by atoms with Gasteiger partial charge >= 0.3 is 13.1 Å². The number of fused-ring (bicyclic) bond motifs is 1. The minimum atomic E-state index is -1.47. The third kappa shape index (κ3) is 3.30. The number of aromatic carboxylic acids is 1. The highest BCUT2D eigenvalue weighted by Crippen LogP contribution is 2.31. The second kappa shape index (κ2) is 6.36. The van der Waals surface area contributed by atoms with Crippen molar-refractivity contribution < 1.29 is 28.8 Å². The largest absolute Gasteiger partial charge is 0.547 e. The van der Waals surface area contributed by atoms with Crippen LogP contribution in [0.5, 0.6) is 5.75 Å². The molecule has 1 atom stereocenters. The normalized spacial score (nSPS) is 16.9. The van der Waals surface area contributed by atoms with Crippen LogP contribution in [-0.2, 0) is 11.2 Å². The Kier molecular flexibility index (Phi) is 4.74. The number of benzene rings is 1. The third-order valence-corrected chi connectivity index (χ3v) is 3.60. The van der Waals surface area contributed by atoms with Crippen LogP contribution in [-0.4, -0.2) is 47.1 Å². The molecule has 1 amide bonds. The first kappa shape index (κ1) is 15.6. The number of carboxylic acids is 1. The van der Waals surface area contributed by atoms with Crippen molar-refractivity contribution in [3.8, 4) is 5.75 Å². The molecular weight excluding hydrogens is 300 g/mol. The molecule has 6 nitrogen and oxygen atoms in total. The summed E-state index contributed by atoms with van der Waals surface area (Å²) in [6, 6.07) is 2.42. The Balaban J connectivity index is 2.26. The molecule has 0 aromatic heterocycles. The highest BCUT2D eigenvalue weighted by atomic mass is 32.2. The van der Waals surface area contributed by atoms with Crippen molar-refractivity contribution in [2.45, 2.75) is 12.4 Å². The molecule has 0 bridgehead atoms. The maximum absolute atomic E-state index is 13.5. The van der Waals surface area contributed by atoms with Crippen molar-refractivity contribution in [1.29, 1.82) is 0 Å². The van der Waals surface area contributed by atoms with Crippen LogP contribution in [0.2, 0.25) is 0 Å². The van der Waals surface area contributed by atoms with Crippen LogP contribution in [0.15, 0.2) is 12.1 Å². The molecule has 1 aromatic carbocycles. The molecule has 0 aliphatic carbocycles. The highest BCUT2D eigenvalue weighted by molar-refractivity contribution is 7.99. The number of thioether (sulfide) groups is 1. The number of carbonyl (C=O) groups is 2. The van der Waals surface area contributed by atoms with Crippen LogP contribution in [0.1, 0.15) is 15.9 Å². The first-order chi connectivity index (χ1) is 9.93. The van der Waals surface area contributed by atoms with E-state index >= 15 is 0 Å². The number of halogens is 1. The first-order valence-corrected chi connectivity index (χ1v) is 7.51. The van der Waals surface area contributed by atoms with Gasteiger partial charge in [-0.1, -0.05) is 6.07 Å². The molecule has 1 aliphatic heterocycles. The Bertz CT molecular complexity index is 585. The van der Waals surface area contributed by atoms with E-state index in [1.165, 1.54) is 17.8 Å². The molecule has 1 aromatic rings. The summed E-state index contributed by atoms with van der Waals surface area (Å²) in [5.74, 6) is -3.33. The van der Waals surface area contributed by atoms with Crippen LogP contribution < -0.4 is 9.97 Å². The van der Waals surface area contributed by atoms with Crippen LogP contribution in [0.3, 0.4) is 0 Å². The van der Waals surface area contributed by atoms with Crippen LogP contribution in [0.4, 0.5) is 4.39 Å². The second-order valence-electron chi connectivity index (χ2n) is 4.54. The van der Waals surface area contributed by atoms with E-state index in [1.54, 1.807) is 6.26 Å². The monoisotopic (exact) mass is 313 g/mol. The second-order valence-corrected chi connectivity index (χ2v) is 5.40. The predicted molar refractivity (Wildman–Crippen MR) is 76.0 cm³/mol. The van der Waals surface area contributed by atoms with Crippen molar-refractivity contribution >= 4 is 30.8 Å². The Hall–Kier alpha value is -1.74. The molecule has 0 fully saturated rings. The summed E-state index contributed by atoms with van der Waals surface area (Å²) in [6.07, 6.45) is 1.93. The fourth-order valence-corrected chi connectivity index (χ4v) is 2.48. The molecule has 0 saturated heterocycles. The molecule has 3 N–H and O–H groups in total. The van der Waals surface area contributed by atoms with Gasteiger partial charge in [0.1, 0.15) is 17.1 Å². The van der Waals surface area contributed by atoms with Gasteiger partial charge in [-0.25, -0.2) is 9.18 Å². The number of carboxylic acid groups (broad SMARTS) is 1. The lowest BCUT2D eigenvalue weighted by molar-refractivity contribution is -0.118. The quantitative estimate of drug-likeness (QED) is 0.693. The molecule has 0 radical (unpaired) electrons. The SMILES string of the molecule is CSCC(=O)N[C@@H]1Cc2ccc(F)c(C(=O)O)c2OB1O. The fraction of sp³-hybridized carbons (Fsp3) is 0.333. The predicted octanol–water partition coefficient (Wildman–Crippen LogP) is 0.326. The van der Waals surface area contributed by atoms with Crippen molar-refractivity contribution in [3.05, 3.63) is 29.1 Å². The van der Waals surface area contributed by atoms with E-state index in [9.17, 15) is 19.0 Å². The van der Waals surface area contributed by atoms with Crippen molar-refractivity contribution in [1.82, 2.24) is 5.32 Å². The number of carbonyl (C=O) groups excluding carboxylic acids is 1. The number of nitrogens with one attached hydrogen (secondary N) is 1. The van der Waals surface area contributed by atoms with Gasteiger partial charge < -0.3 is 20.1 Å². The van der Waals surface area contributed by atoms with Crippen molar-refractivity contribution in [3.63, 3.8) is 0 Å². The van der Waals surface area contributed by atoms with Crippen LogP contribution >= 0.6 is 11.8 Å². The minimum Gasteiger partial charge on any atom is -0.534 e. The molecule has 112 valence electrons. The van der Waals surface area contributed by atoms with Crippen LogP contribution in [0, 0.1) is 5.82 Å². The van der Waals surface area contributed by atoms with Gasteiger partial charge in [-0.2, -0.15) is 11.8 Å². The lowest BCUT2D eigenvalue weighted by atomic mass is 9.72. The number of hydrogen-bond acceptors (Lipinski definition) is 5. The number of amides is 1. The van der Waals surface area contributed by atoms with E-state index in [2.05, 4.69) is 5.32 Å². The average Bonchev–Trinajstić information content (AvgIpc) is 2.39. The van der Waals surface area contributed by atoms with Gasteiger partial charge in [0.2, 0.25) is 5.91 Å². The van der Waals surface area contributed by atoms with Gasteiger partial charge in [0.05, 0.1) is 11.7 Å². The van der Waals surface area contributed by atoms with Gasteiger partial charge in [-0.3, -0.25) is 4.79 Å². The smallest absolute Gasteiger partial charge is 0.534 e. The van der Waals surface area contributed by atoms with Gasteiger partial charge in [-0.15, -0.1) is 0 Å². The summed E-state index contributed by atoms with van der Waals surface area (Å²) >= 11 is 1.33. The number of rotatable bonds is 4. The standard InChI is InChI=1S/C12H13BFNO5S/c1-21-5-9(16)15-8-4-6-2-3-7(14)10(12(17)18)11(6)20-13(8)19/h2-3,8,19H,4-5H2,1H3,(H,15,16)(H,17,18)/t8-/m1/s1. The van der Waals surface area contributed by atoms with Crippen LogP contribution in [0.25, 0.3) is 0 Å². The summed E-state index contributed by atoms with van der Waals surface area (Å²) in [7, 11) is -1.43. The van der Waals surface area contributed by atoms with Gasteiger partial charge in [-0.05, 0) is 24.3 Å². The van der Waals surface area contributed by atoms with Gasteiger partial charge in [0.15, 0.2) is 0 Å². The average molecular weight is 313 g/mol. The van der Waals surface area contributed by atoms with Crippen molar-refractivity contribution in [2.24, 2.45) is 0 Å². The summed E-state index contributed by atoms with van der Waals surface area (Å²) in [5, 5.41) is 21.5. The molecule has 0 spiro atoms. The zero-order valence-electron chi connectivity index (χ0n) is 11.1. The van der Waals surface area contributed by atoms with E-state index in [-0.39, 0.29) is 23.8 Å². The minimum absolute atomic E-state index is 0.164. The molecule has 9 heteroatoms. The summed E-state index contributed by atoms with van der Waals surface area (Å²) in [4.78, 5) is 22.6. The first-order valence-electron chi connectivity index (χ1n) is 6.11. The molecular formula is C12H13BFNO5S. The fourth-order valence-electron chi connectivity index (χ4n) is 2.14. The maximum atomic E-state index is 13.5. The van der Waals surface area contributed by atoms with Crippen molar-refractivity contribution in [2.75, 3.05) is 12.0 Å². The Labute approximate surface area is 124 Å². The lowest BCUT2D eigenvalue weighted by Crippen LogP contribution is -2.53. The van der Waals surface area contributed by atoms with Gasteiger partial charge in [0, 0.05) is 0 Å². The summed E-state index contributed by atoms with van der Waals surface area (Å²) in [6.45, 7) is 0. The van der Waals surface area contributed by atoms with E-state index in [0.29, 0.717) is 5.56 Å². The lowest BCUT2D eigenvalue weighted by Gasteiger charge is -2.29. The molecule has 2 rings (SSSR count). The Morgan fingerprint density at radius 3 is 2.90 bits per heavy atom. The van der Waals surface area contributed by atoms with E-state index in [4.69, 9.17) is 9.76 Å². The molecule has 0 unspecified atom stereocenters. The molecule has 0 saturated carbocycles. The number of hydrogen-bond donors (Lipinski definition) is 3. The third-order valence-electron chi connectivity index (χ3n) is 3.05. The maximum Gasteiger partial charge on any atom is 0.547 e. The molecule has 1 heterocycles. The zero-order chi connectivity index (χ0) is 15.6. The Morgan fingerprint density at radius 1 is 1.57 bits per heavy atom. The van der Waals surface area contributed by atoms with E-state index in [0.717, 1.165) is 6.07 Å². The summed E-state index contributed by atoms with van der Waals surface area (Å²) < 4.78 is 18.7. The Morgan fingerprint density at radius 2 is 2.29 bits per heavy atom. The summed E-state index contributed by atoms with van der Waals surface area (Å²) in [5.41, 5.74) is -0.186.